The van der Waals surface area contributed by atoms with Gasteiger partial charge in [0.25, 0.3) is 0 Å². The SMILES string of the molecule is C=C(CCC/C=C\C/C=C\C/C=C\C/C=C\C/C=C\CC)NC1[C@H](OC(=O)C(C)c2cccc(C(=O)c3ccccc3)c2)OC(CO)[C@@H](O)[C@@H]1O. The minimum absolute atomic E-state index is 0.166. The third-order valence-electron chi connectivity index (χ3n) is 8.53. The van der Waals surface area contributed by atoms with E-state index in [2.05, 4.69) is 79.6 Å². The van der Waals surface area contributed by atoms with E-state index in [0.717, 1.165) is 44.9 Å². The van der Waals surface area contributed by atoms with E-state index >= 15 is 0 Å². The number of esters is 1. The first-order valence-corrected chi connectivity index (χ1v) is 18.0. The van der Waals surface area contributed by atoms with Crippen molar-refractivity contribution in [2.45, 2.75) is 102 Å². The number of hydrogen-bond donors (Lipinski definition) is 4. The molecule has 51 heavy (non-hydrogen) atoms. The zero-order valence-corrected chi connectivity index (χ0v) is 30.0. The van der Waals surface area contributed by atoms with Gasteiger partial charge in [0.2, 0.25) is 6.29 Å². The number of ether oxygens (including phenoxy) is 2. The van der Waals surface area contributed by atoms with Crippen LogP contribution in [0.1, 0.15) is 92.6 Å². The van der Waals surface area contributed by atoms with Gasteiger partial charge in [0.15, 0.2) is 5.78 Å². The lowest BCUT2D eigenvalue weighted by molar-refractivity contribution is -0.263. The number of hydrogen-bond acceptors (Lipinski definition) is 8. The number of rotatable bonds is 21. The van der Waals surface area contributed by atoms with E-state index < -0.39 is 49.1 Å². The van der Waals surface area contributed by atoms with E-state index in [1.165, 1.54) is 0 Å². The average molecular weight is 698 g/mol. The standard InChI is InChI=1S/C43H55NO7/c1-4-5-6-7-8-9-10-11-12-13-14-15-16-17-18-19-21-25-32(2)44-38-41(48)40(47)37(31-45)50-43(38)51-42(49)33(3)35-28-24-29-36(30-35)39(46)34-26-22-20-23-27-34/h5-6,8-9,11-12,14-15,17-18,20,22-24,26-30,33,37-38,40-41,43-45,47-48H,2,4,7,10,13,16,19,21,25,31H2,1,3H3/b6-5-,9-8-,12-11-,15-14-,18-17-/t33?,37?,38?,40-,41-,43+/m1/s1. The average Bonchev–Trinajstić information content (AvgIpc) is 3.15. The maximum atomic E-state index is 13.4. The number of aliphatic hydroxyl groups is 3. The molecule has 274 valence electrons. The molecule has 1 fully saturated rings. The van der Waals surface area contributed by atoms with Gasteiger partial charge in [-0.25, -0.2) is 0 Å². The van der Waals surface area contributed by atoms with Gasteiger partial charge in [0.05, 0.1) is 12.5 Å². The van der Waals surface area contributed by atoms with Crippen molar-refractivity contribution >= 4 is 11.8 Å². The van der Waals surface area contributed by atoms with Gasteiger partial charge in [-0.05, 0) is 69.9 Å². The van der Waals surface area contributed by atoms with Crippen LogP contribution in [-0.2, 0) is 14.3 Å². The van der Waals surface area contributed by atoms with Crippen LogP contribution < -0.4 is 5.32 Å². The Balaban J connectivity index is 1.47. The summed E-state index contributed by atoms with van der Waals surface area (Å²) >= 11 is 0. The molecule has 0 amide bonds. The first-order chi connectivity index (χ1) is 24.8. The summed E-state index contributed by atoms with van der Waals surface area (Å²) in [6, 6.07) is 14.7. The van der Waals surface area contributed by atoms with Crippen LogP contribution in [0.2, 0.25) is 0 Å². The lowest BCUT2D eigenvalue weighted by atomic mass is 9.95. The molecule has 0 aliphatic carbocycles. The summed E-state index contributed by atoms with van der Waals surface area (Å²) in [6.07, 6.45) is 23.3. The molecule has 2 aromatic rings. The van der Waals surface area contributed by atoms with Crippen molar-refractivity contribution < 1.29 is 34.4 Å². The second kappa shape index (κ2) is 23.2. The molecule has 0 spiro atoms. The highest BCUT2D eigenvalue weighted by atomic mass is 16.7. The smallest absolute Gasteiger partial charge is 0.315 e. The Kier molecular flexibility index (Phi) is 18.7. The fourth-order valence-corrected chi connectivity index (χ4v) is 5.50. The monoisotopic (exact) mass is 697 g/mol. The quantitative estimate of drug-likeness (QED) is 0.0461. The fraction of sp³-hybridized carbons (Fsp3) is 0.395. The summed E-state index contributed by atoms with van der Waals surface area (Å²) in [5.74, 6) is -1.60. The number of ketones is 1. The predicted octanol–water partition coefficient (Wildman–Crippen LogP) is 7.40. The van der Waals surface area contributed by atoms with E-state index in [1.807, 2.05) is 6.07 Å². The zero-order chi connectivity index (χ0) is 36.8. The fourth-order valence-electron chi connectivity index (χ4n) is 5.50. The number of benzene rings is 2. The summed E-state index contributed by atoms with van der Waals surface area (Å²) in [5, 5.41) is 34.4. The number of aliphatic hydroxyl groups excluding tert-OH is 3. The van der Waals surface area contributed by atoms with Crippen molar-refractivity contribution in [1.82, 2.24) is 5.32 Å². The Morgan fingerprint density at radius 2 is 1.43 bits per heavy atom. The van der Waals surface area contributed by atoms with Crippen LogP contribution in [0.4, 0.5) is 0 Å². The summed E-state index contributed by atoms with van der Waals surface area (Å²) in [7, 11) is 0. The van der Waals surface area contributed by atoms with Crippen LogP contribution in [0.5, 0.6) is 0 Å². The van der Waals surface area contributed by atoms with Crippen LogP contribution in [0, 0.1) is 0 Å². The number of allylic oxidation sites excluding steroid dienone is 11. The second-order valence-corrected chi connectivity index (χ2v) is 12.6. The highest BCUT2D eigenvalue weighted by Crippen LogP contribution is 2.27. The predicted molar refractivity (Wildman–Crippen MR) is 203 cm³/mol. The molecule has 0 radical (unpaired) electrons. The highest BCUT2D eigenvalue weighted by molar-refractivity contribution is 6.09. The van der Waals surface area contributed by atoms with Gasteiger partial charge in [-0.1, -0.05) is 123 Å². The molecule has 1 heterocycles. The largest absolute Gasteiger partial charge is 0.433 e. The summed E-state index contributed by atoms with van der Waals surface area (Å²) < 4.78 is 11.5. The molecule has 8 heteroatoms. The lowest BCUT2D eigenvalue weighted by Gasteiger charge is -2.42. The second-order valence-electron chi connectivity index (χ2n) is 12.6. The van der Waals surface area contributed by atoms with Crippen molar-refractivity contribution in [3.63, 3.8) is 0 Å². The Morgan fingerprint density at radius 3 is 2.04 bits per heavy atom. The Hall–Kier alpha value is -4.34. The third-order valence-corrected chi connectivity index (χ3v) is 8.53. The van der Waals surface area contributed by atoms with Gasteiger partial charge in [0.1, 0.15) is 24.4 Å². The molecule has 8 nitrogen and oxygen atoms in total. The molecule has 3 unspecified atom stereocenters. The normalized spacial score (nSPS) is 21.6. The Labute approximate surface area is 303 Å². The molecule has 1 aliphatic rings. The molecular formula is C43H55NO7. The minimum Gasteiger partial charge on any atom is -0.433 e. The van der Waals surface area contributed by atoms with Crippen LogP contribution in [-0.4, -0.2) is 64.3 Å². The van der Waals surface area contributed by atoms with E-state index in [0.29, 0.717) is 28.8 Å². The van der Waals surface area contributed by atoms with Gasteiger partial charge in [-0.2, -0.15) is 0 Å². The molecule has 3 rings (SSSR count). The van der Waals surface area contributed by atoms with Gasteiger partial charge in [-0.15, -0.1) is 0 Å². The minimum atomic E-state index is -1.41. The van der Waals surface area contributed by atoms with Gasteiger partial charge in [-0.3, -0.25) is 9.59 Å². The topological polar surface area (TPSA) is 125 Å². The zero-order valence-electron chi connectivity index (χ0n) is 30.0. The van der Waals surface area contributed by atoms with E-state index in [-0.39, 0.29) is 5.78 Å². The van der Waals surface area contributed by atoms with Crippen LogP contribution in [0.3, 0.4) is 0 Å². The molecule has 1 aliphatic heterocycles. The first kappa shape index (κ1) is 41.1. The van der Waals surface area contributed by atoms with Crippen molar-refractivity contribution in [3.05, 3.63) is 144 Å². The number of carbonyl (C=O) groups is 2. The van der Waals surface area contributed by atoms with E-state index in [4.69, 9.17) is 9.47 Å². The molecule has 0 bridgehead atoms. The van der Waals surface area contributed by atoms with E-state index in [9.17, 15) is 24.9 Å². The van der Waals surface area contributed by atoms with Crippen LogP contribution in [0.15, 0.2) is 128 Å². The van der Waals surface area contributed by atoms with Crippen LogP contribution >= 0.6 is 0 Å². The molecule has 6 atom stereocenters. The van der Waals surface area contributed by atoms with E-state index in [1.54, 1.807) is 55.5 Å². The number of unbranched alkanes of at least 4 members (excludes halogenated alkanes) is 1. The molecule has 4 N–H and O–H groups in total. The summed E-state index contributed by atoms with van der Waals surface area (Å²) in [5.41, 5.74) is 2.13. The van der Waals surface area contributed by atoms with Gasteiger partial charge < -0.3 is 30.1 Å². The van der Waals surface area contributed by atoms with Crippen molar-refractivity contribution in [1.29, 1.82) is 0 Å². The molecular weight excluding hydrogens is 642 g/mol. The van der Waals surface area contributed by atoms with Crippen molar-refractivity contribution in [2.24, 2.45) is 0 Å². The van der Waals surface area contributed by atoms with Crippen LogP contribution in [0.25, 0.3) is 0 Å². The maximum absolute atomic E-state index is 13.4. The molecule has 1 saturated heterocycles. The first-order valence-electron chi connectivity index (χ1n) is 18.0. The Morgan fingerprint density at radius 1 is 0.843 bits per heavy atom. The lowest BCUT2D eigenvalue weighted by Crippen LogP contribution is -2.64. The third kappa shape index (κ3) is 14.1. The van der Waals surface area contributed by atoms with Crippen molar-refractivity contribution in [2.75, 3.05) is 6.61 Å². The van der Waals surface area contributed by atoms with Gasteiger partial charge in [0, 0.05) is 16.8 Å². The van der Waals surface area contributed by atoms with Crippen molar-refractivity contribution in [3.8, 4) is 0 Å². The summed E-state index contributed by atoms with van der Waals surface area (Å²) in [4.78, 5) is 26.3. The maximum Gasteiger partial charge on any atom is 0.315 e. The van der Waals surface area contributed by atoms with Gasteiger partial charge >= 0.3 is 5.97 Å². The highest BCUT2D eigenvalue weighted by Gasteiger charge is 2.46. The Bertz CT molecular complexity index is 1510. The molecule has 2 aromatic carbocycles. The molecule has 0 aromatic heterocycles. The summed E-state index contributed by atoms with van der Waals surface area (Å²) in [6.45, 7) is 7.29. The molecule has 0 saturated carbocycles. The number of carbonyl (C=O) groups excluding carboxylic acids is 2. The number of nitrogens with one attached hydrogen (secondary N) is 1.